The predicted molar refractivity (Wildman–Crippen MR) is 113 cm³/mol. The van der Waals surface area contributed by atoms with Crippen molar-refractivity contribution in [3.05, 3.63) is 41.1 Å². The van der Waals surface area contributed by atoms with Crippen LogP contribution in [0.15, 0.2) is 36.1 Å². The van der Waals surface area contributed by atoms with E-state index in [-0.39, 0.29) is 5.91 Å². The van der Waals surface area contributed by atoms with Crippen molar-refractivity contribution in [2.75, 3.05) is 55.9 Å². The fourth-order valence-corrected chi connectivity index (χ4v) is 4.51. The maximum absolute atomic E-state index is 12.7. The molecule has 0 saturated carbocycles. The molecule has 8 nitrogen and oxygen atoms in total. The molecule has 0 unspecified atom stereocenters. The highest BCUT2D eigenvalue weighted by atomic mass is 32.1. The van der Waals surface area contributed by atoms with Crippen molar-refractivity contribution >= 4 is 39.7 Å². The third-order valence-electron chi connectivity index (χ3n) is 5.37. The molecule has 0 aliphatic carbocycles. The first-order chi connectivity index (χ1) is 14.3. The van der Waals surface area contributed by atoms with E-state index < -0.39 is 0 Å². The van der Waals surface area contributed by atoms with Gasteiger partial charge in [-0.1, -0.05) is 0 Å². The van der Waals surface area contributed by atoms with Crippen molar-refractivity contribution in [3.63, 3.8) is 0 Å². The molecule has 2 aliphatic rings. The van der Waals surface area contributed by atoms with E-state index in [1.165, 1.54) is 11.3 Å². The minimum absolute atomic E-state index is 0.0161. The van der Waals surface area contributed by atoms with Gasteiger partial charge in [-0.2, -0.15) is 0 Å². The lowest BCUT2D eigenvalue weighted by Gasteiger charge is -2.36. The number of morpholine rings is 1. The molecule has 3 aromatic rings. The Hall–Kier alpha value is -2.78. The summed E-state index contributed by atoms with van der Waals surface area (Å²) in [6, 6.07) is 6.34. The summed E-state index contributed by atoms with van der Waals surface area (Å²) in [5.41, 5.74) is 2.08. The SMILES string of the molecule is O=C(c1nccs1)N1CCCN(c2ncnc3cc(N4CCOCC4)ccc23)C1. The van der Waals surface area contributed by atoms with Crippen molar-refractivity contribution in [2.45, 2.75) is 6.42 Å². The summed E-state index contributed by atoms with van der Waals surface area (Å²) < 4.78 is 5.45. The minimum Gasteiger partial charge on any atom is -0.378 e. The first-order valence-corrected chi connectivity index (χ1v) is 10.7. The highest BCUT2D eigenvalue weighted by molar-refractivity contribution is 7.11. The molecule has 4 heterocycles. The molecule has 1 aromatic carbocycles. The van der Waals surface area contributed by atoms with Gasteiger partial charge in [0.25, 0.3) is 5.91 Å². The number of carbonyl (C=O) groups is 1. The van der Waals surface area contributed by atoms with Gasteiger partial charge in [0.15, 0.2) is 5.01 Å². The molecule has 9 heteroatoms. The third kappa shape index (κ3) is 3.63. The van der Waals surface area contributed by atoms with Crippen LogP contribution in [0.2, 0.25) is 0 Å². The molecule has 2 aliphatic heterocycles. The molecule has 150 valence electrons. The summed E-state index contributed by atoms with van der Waals surface area (Å²) in [7, 11) is 0. The van der Waals surface area contributed by atoms with Gasteiger partial charge in [-0.25, -0.2) is 15.0 Å². The van der Waals surface area contributed by atoms with Gasteiger partial charge in [-0.15, -0.1) is 11.3 Å². The Morgan fingerprint density at radius 1 is 1.03 bits per heavy atom. The molecule has 0 bridgehead atoms. The number of hydrogen-bond donors (Lipinski definition) is 0. The Morgan fingerprint density at radius 3 is 2.76 bits per heavy atom. The molecule has 0 atom stereocenters. The summed E-state index contributed by atoms with van der Waals surface area (Å²) in [5, 5.41) is 3.38. The Labute approximate surface area is 172 Å². The van der Waals surface area contributed by atoms with Gasteiger partial charge in [0.1, 0.15) is 12.1 Å². The standard InChI is InChI=1S/C20H22N6O2S/c27-20(19-21-4-11-29-19)26-6-1-5-25(14-26)18-16-3-2-15(12-17(16)22-13-23-18)24-7-9-28-10-8-24/h2-4,11-13H,1,5-10,14H2. The summed E-state index contributed by atoms with van der Waals surface area (Å²) in [6.45, 7) is 5.40. The number of ether oxygens (including phenoxy) is 1. The van der Waals surface area contributed by atoms with E-state index in [9.17, 15) is 4.79 Å². The second-order valence-corrected chi connectivity index (χ2v) is 8.06. The lowest BCUT2D eigenvalue weighted by molar-refractivity contribution is 0.0733. The van der Waals surface area contributed by atoms with Crippen molar-refractivity contribution in [3.8, 4) is 0 Å². The number of thiazole rings is 1. The quantitative estimate of drug-likeness (QED) is 0.655. The Bertz CT molecular complexity index is 1010. The highest BCUT2D eigenvalue weighted by Crippen LogP contribution is 2.29. The first kappa shape index (κ1) is 18.3. The number of fused-ring (bicyclic) bond motifs is 1. The molecule has 2 aromatic heterocycles. The molecule has 0 N–H and O–H groups in total. The topological polar surface area (TPSA) is 74.7 Å². The zero-order valence-electron chi connectivity index (χ0n) is 16.0. The second-order valence-electron chi connectivity index (χ2n) is 7.16. The van der Waals surface area contributed by atoms with Gasteiger partial charge in [0, 0.05) is 48.8 Å². The largest absolute Gasteiger partial charge is 0.378 e. The maximum Gasteiger partial charge on any atom is 0.284 e. The lowest BCUT2D eigenvalue weighted by Crippen LogP contribution is -2.48. The first-order valence-electron chi connectivity index (χ1n) is 9.81. The molecule has 2 fully saturated rings. The zero-order valence-corrected chi connectivity index (χ0v) is 16.8. The third-order valence-corrected chi connectivity index (χ3v) is 6.14. The Morgan fingerprint density at radius 2 is 1.93 bits per heavy atom. The van der Waals surface area contributed by atoms with Gasteiger partial charge < -0.3 is 19.4 Å². The number of aromatic nitrogens is 3. The van der Waals surface area contributed by atoms with Crippen LogP contribution in [-0.2, 0) is 4.74 Å². The number of hydrogen-bond acceptors (Lipinski definition) is 8. The maximum atomic E-state index is 12.7. The van der Waals surface area contributed by atoms with Crippen LogP contribution in [0.1, 0.15) is 16.2 Å². The summed E-state index contributed by atoms with van der Waals surface area (Å²) in [6.07, 6.45) is 4.18. The molecular weight excluding hydrogens is 388 g/mol. The Kier molecular flexibility index (Phi) is 4.99. The number of amides is 1. The van der Waals surface area contributed by atoms with Crippen molar-refractivity contribution in [1.29, 1.82) is 0 Å². The van der Waals surface area contributed by atoms with Crippen LogP contribution in [0.5, 0.6) is 0 Å². The van der Waals surface area contributed by atoms with Crippen LogP contribution in [0.4, 0.5) is 11.5 Å². The van der Waals surface area contributed by atoms with Gasteiger partial charge in [-0.05, 0) is 24.6 Å². The van der Waals surface area contributed by atoms with Crippen molar-refractivity contribution in [2.24, 2.45) is 0 Å². The molecule has 0 radical (unpaired) electrons. The van der Waals surface area contributed by atoms with Gasteiger partial charge >= 0.3 is 0 Å². The van der Waals surface area contributed by atoms with Gasteiger partial charge in [-0.3, -0.25) is 4.79 Å². The number of carbonyl (C=O) groups excluding carboxylic acids is 1. The van der Waals surface area contributed by atoms with E-state index in [1.54, 1.807) is 12.5 Å². The van der Waals surface area contributed by atoms with E-state index in [0.29, 0.717) is 11.7 Å². The van der Waals surface area contributed by atoms with Gasteiger partial charge in [0.05, 0.1) is 25.4 Å². The zero-order chi connectivity index (χ0) is 19.6. The van der Waals surface area contributed by atoms with E-state index in [0.717, 1.165) is 68.2 Å². The molecule has 5 rings (SSSR count). The van der Waals surface area contributed by atoms with Crippen LogP contribution < -0.4 is 9.80 Å². The Balaban J connectivity index is 1.41. The average molecular weight is 411 g/mol. The highest BCUT2D eigenvalue weighted by Gasteiger charge is 2.26. The normalized spacial score (nSPS) is 17.7. The van der Waals surface area contributed by atoms with Crippen LogP contribution in [0.3, 0.4) is 0 Å². The average Bonchev–Trinajstić information content (AvgIpc) is 3.33. The van der Waals surface area contributed by atoms with Crippen LogP contribution in [-0.4, -0.2) is 71.8 Å². The molecule has 1 amide bonds. The molecule has 2 saturated heterocycles. The molecular formula is C20H22N6O2S. The number of benzene rings is 1. The summed E-state index contributed by atoms with van der Waals surface area (Å²) in [4.78, 5) is 32.3. The number of nitrogens with zero attached hydrogens (tertiary/aromatic N) is 6. The van der Waals surface area contributed by atoms with E-state index >= 15 is 0 Å². The van der Waals surface area contributed by atoms with E-state index in [4.69, 9.17) is 4.74 Å². The fraction of sp³-hybridized carbons (Fsp3) is 0.400. The molecule has 29 heavy (non-hydrogen) atoms. The summed E-state index contributed by atoms with van der Waals surface area (Å²) >= 11 is 1.38. The van der Waals surface area contributed by atoms with Crippen LogP contribution >= 0.6 is 11.3 Å². The number of anilines is 2. The lowest BCUT2D eigenvalue weighted by atomic mass is 10.1. The van der Waals surface area contributed by atoms with Crippen molar-refractivity contribution in [1.82, 2.24) is 19.9 Å². The minimum atomic E-state index is -0.0161. The van der Waals surface area contributed by atoms with E-state index in [2.05, 4.69) is 43.0 Å². The van der Waals surface area contributed by atoms with Gasteiger partial charge in [0.2, 0.25) is 0 Å². The monoisotopic (exact) mass is 410 g/mol. The predicted octanol–water partition coefficient (Wildman–Crippen LogP) is 2.23. The smallest absolute Gasteiger partial charge is 0.284 e. The fourth-order valence-electron chi connectivity index (χ4n) is 3.90. The van der Waals surface area contributed by atoms with Crippen LogP contribution in [0.25, 0.3) is 10.9 Å². The number of rotatable bonds is 3. The second kappa shape index (κ2) is 7.92. The van der Waals surface area contributed by atoms with Crippen LogP contribution in [0, 0.1) is 0 Å². The molecule has 0 spiro atoms. The van der Waals surface area contributed by atoms with Crippen molar-refractivity contribution < 1.29 is 9.53 Å². The summed E-state index contributed by atoms with van der Waals surface area (Å²) in [5.74, 6) is 0.859. The van der Waals surface area contributed by atoms with E-state index in [1.807, 2.05) is 10.3 Å².